The fourth-order valence-corrected chi connectivity index (χ4v) is 4.32. The molecule has 2 saturated carbocycles. The number of rotatable bonds is 5. The van der Waals surface area contributed by atoms with Crippen LogP contribution in [0.5, 0.6) is 0 Å². The lowest BCUT2D eigenvalue weighted by molar-refractivity contribution is -0.0572. The van der Waals surface area contributed by atoms with E-state index >= 15 is 0 Å². The monoisotopic (exact) mass is 338 g/mol. The van der Waals surface area contributed by atoms with E-state index in [0.29, 0.717) is 12.1 Å². The molecule has 0 N–H and O–H groups in total. The molecule has 3 aliphatic rings. The van der Waals surface area contributed by atoms with Crippen LogP contribution in [0, 0.1) is 5.92 Å². The third-order valence-corrected chi connectivity index (χ3v) is 5.91. The van der Waals surface area contributed by atoms with Crippen molar-refractivity contribution < 1.29 is 9.47 Å². The standard InChI is InChI=1S/C21H26N2O2/c1-2-4-18-16(3-1)7-8-17(22-18)13-23-11-12-24-20-10-9-19(23)21(20)25-14-15-5-6-15/h1-4,7-8,15,19-21H,5-6,9-14H2/t19-,20-,21+/m0/s1. The van der Waals surface area contributed by atoms with E-state index in [4.69, 9.17) is 14.5 Å². The van der Waals surface area contributed by atoms with Crippen LogP contribution in [0.3, 0.4) is 0 Å². The Balaban J connectivity index is 1.34. The van der Waals surface area contributed by atoms with Crippen molar-refractivity contribution in [2.45, 2.75) is 50.5 Å². The largest absolute Gasteiger partial charge is 0.374 e. The molecule has 2 aromatic rings. The first-order valence-electron chi connectivity index (χ1n) is 9.69. The maximum Gasteiger partial charge on any atom is 0.0991 e. The number of aromatic nitrogens is 1. The Morgan fingerprint density at radius 3 is 2.92 bits per heavy atom. The molecule has 0 radical (unpaired) electrons. The van der Waals surface area contributed by atoms with Crippen LogP contribution in [-0.4, -0.2) is 47.9 Å². The van der Waals surface area contributed by atoms with Crippen LogP contribution in [0.25, 0.3) is 10.9 Å². The molecule has 5 rings (SSSR count). The average molecular weight is 338 g/mol. The van der Waals surface area contributed by atoms with Gasteiger partial charge in [0.25, 0.3) is 0 Å². The summed E-state index contributed by atoms with van der Waals surface area (Å²) in [5, 5.41) is 1.21. The number of pyridine rings is 1. The van der Waals surface area contributed by atoms with Crippen molar-refractivity contribution in [3.8, 4) is 0 Å². The van der Waals surface area contributed by atoms with Crippen molar-refractivity contribution in [1.29, 1.82) is 0 Å². The van der Waals surface area contributed by atoms with Crippen LogP contribution in [0.1, 0.15) is 31.4 Å². The minimum Gasteiger partial charge on any atom is -0.374 e. The van der Waals surface area contributed by atoms with Gasteiger partial charge in [0.05, 0.1) is 30.0 Å². The number of hydrogen-bond acceptors (Lipinski definition) is 4. The summed E-state index contributed by atoms with van der Waals surface area (Å²) >= 11 is 0. The highest BCUT2D eigenvalue weighted by Crippen LogP contribution is 2.35. The zero-order valence-electron chi connectivity index (χ0n) is 14.6. The van der Waals surface area contributed by atoms with Gasteiger partial charge in [0.1, 0.15) is 0 Å². The first kappa shape index (κ1) is 15.7. The fourth-order valence-electron chi connectivity index (χ4n) is 4.32. The molecule has 1 aromatic heterocycles. The molecular formula is C21H26N2O2. The van der Waals surface area contributed by atoms with Crippen LogP contribution < -0.4 is 0 Å². The summed E-state index contributed by atoms with van der Waals surface area (Å²) in [6, 6.07) is 13.2. The molecule has 4 heteroatoms. The second kappa shape index (κ2) is 6.67. The Morgan fingerprint density at radius 1 is 1.08 bits per heavy atom. The van der Waals surface area contributed by atoms with Crippen LogP contribution >= 0.6 is 0 Å². The van der Waals surface area contributed by atoms with Crippen molar-refractivity contribution in [2.24, 2.45) is 5.92 Å². The molecule has 1 saturated heterocycles. The van der Waals surface area contributed by atoms with Crippen LogP contribution in [0.4, 0.5) is 0 Å². The number of nitrogens with zero attached hydrogens (tertiary/aromatic N) is 2. The van der Waals surface area contributed by atoms with Gasteiger partial charge in [0, 0.05) is 31.1 Å². The molecule has 0 amide bonds. The topological polar surface area (TPSA) is 34.6 Å². The van der Waals surface area contributed by atoms with Gasteiger partial charge in [-0.25, -0.2) is 0 Å². The van der Waals surface area contributed by atoms with Gasteiger partial charge in [-0.2, -0.15) is 0 Å². The Labute approximate surface area is 149 Å². The molecule has 3 fully saturated rings. The zero-order chi connectivity index (χ0) is 16.6. The van der Waals surface area contributed by atoms with Crippen molar-refractivity contribution in [3.05, 3.63) is 42.1 Å². The van der Waals surface area contributed by atoms with Gasteiger partial charge < -0.3 is 9.47 Å². The maximum absolute atomic E-state index is 6.33. The third kappa shape index (κ3) is 3.31. The number of ether oxygens (including phenoxy) is 2. The van der Waals surface area contributed by atoms with E-state index in [9.17, 15) is 0 Å². The molecule has 4 nitrogen and oxygen atoms in total. The van der Waals surface area contributed by atoms with E-state index in [-0.39, 0.29) is 6.10 Å². The van der Waals surface area contributed by atoms with Gasteiger partial charge in [-0.05, 0) is 43.7 Å². The highest BCUT2D eigenvalue weighted by molar-refractivity contribution is 5.78. The van der Waals surface area contributed by atoms with E-state index in [1.165, 1.54) is 24.6 Å². The summed E-state index contributed by atoms with van der Waals surface area (Å²) in [5.74, 6) is 0.804. The highest BCUT2D eigenvalue weighted by atomic mass is 16.5. The quantitative estimate of drug-likeness (QED) is 0.837. The molecule has 2 heterocycles. The second-order valence-corrected chi connectivity index (χ2v) is 7.76. The van der Waals surface area contributed by atoms with Gasteiger partial charge in [0.15, 0.2) is 0 Å². The van der Waals surface area contributed by atoms with E-state index in [1.54, 1.807) is 0 Å². The lowest BCUT2D eigenvalue weighted by Gasteiger charge is -2.31. The number of benzene rings is 1. The normalized spacial score (nSPS) is 29.8. The van der Waals surface area contributed by atoms with Crippen LogP contribution in [0.2, 0.25) is 0 Å². The summed E-state index contributed by atoms with van der Waals surface area (Å²) < 4.78 is 12.4. The number of para-hydroxylation sites is 1. The molecule has 25 heavy (non-hydrogen) atoms. The Hall–Kier alpha value is -1.49. The highest BCUT2D eigenvalue weighted by Gasteiger charge is 2.43. The van der Waals surface area contributed by atoms with Gasteiger partial charge in [-0.1, -0.05) is 24.3 Å². The molecule has 0 unspecified atom stereocenters. The second-order valence-electron chi connectivity index (χ2n) is 7.76. The SMILES string of the molecule is c1ccc2nc(CN3CCO[C@H]4CC[C@H]3[C@H]4OCC3CC3)ccc2c1. The smallest absolute Gasteiger partial charge is 0.0991 e. The summed E-state index contributed by atoms with van der Waals surface area (Å²) in [4.78, 5) is 7.41. The molecule has 1 aromatic carbocycles. The lowest BCUT2D eigenvalue weighted by Crippen LogP contribution is -2.43. The first-order chi connectivity index (χ1) is 12.4. The van der Waals surface area contributed by atoms with E-state index < -0.39 is 0 Å². The summed E-state index contributed by atoms with van der Waals surface area (Å²) in [5.41, 5.74) is 2.22. The van der Waals surface area contributed by atoms with Crippen molar-refractivity contribution >= 4 is 10.9 Å². The van der Waals surface area contributed by atoms with Crippen LogP contribution in [0.15, 0.2) is 36.4 Å². The van der Waals surface area contributed by atoms with E-state index in [0.717, 1.165) is 49.9 Å². The van der Waals surface area contributed by atoms with Gasteiger partial charge >= 0.3 is 0 Å². The molecule has 1 aliphatic heterocycles. The van der Waals surface area contributed by atoms with Crippen molar-refractivity contribution in [3.63, 3.8) is 0 Å². The summed E-state index contributed by atoms with van der Waals surface area (Å²) in [7, 11) is 0. The van der Waals surface area contributed by atoms with Crippen LogP contribution in [-0.2, 0) is 16.0 Å². The number of hydrogen-bond donors (Lipinski definition) is 0. The minimum absolute atomic E-state index is 0.239. The number of fused-ring (bicyclic) bond motifs is 3. The van der Waals surface area contributed by atoms with Gasteiger partial charge in [0.2, 0.25) is 0 Å². The lowest BCUT2D eigenvalue weighted by atomic mass is 10.1. The average Bonchev–Trinajstić information content (AvgIpc) is 3.39. The zero-order valence-corrected chi connectivity index (χ0v) is 14.6. The predicted molar refractivity (Wildman–Crippen MR) is 97.4 cm³/mol. The fraction of sp³-hybridized carbons (Fsp3) is 0.571. The molecule has 2 bridgehead atoms. The maximum atomic E-state index is 6.33. The minimum atomic E-state index is 0.239. The Bertz CT molecular complexity index is 746. The van der Waals surface area contributed by atoms with Gasteiger partial charge in [-0.3, -0.25) is 9.88 Å². The summed E-state index contributed by atoms with van der Waals surface area (Å²) in [6.45, 7) is 3.58. The summed E-state index contributed by atoms with van der Waals surface area (Å²) in [6.07, 6.45) is 5.51. The van der Waals surface area contributed by atoms with E-state index in [1.807, 2.05) is 0 Å². The van der Waals surface area contributed by atoms with Crippen molar-refractivity contribution in [1.82, 2.24) is 9.88 Å². The molecule has 2 aliphatic carbocycles. The van der Waals surface area contributed by atoms with Gasteiger partial charge in [-0.15, -0.1) is 0 Å². The van der Waals surface area contributed by atoms with E-state index in [2.05, 4.69) is 41.3 Å². The van der Waals surface area contributed by atoms with Crippen molar-refractivity contribution in [2.75, 3.05) is 19.8 Å². The Kier molecular flexibility index (Phi) is 4.20. The Morgan fingerprint density at radius 2 is 2.00 bits per heavy atom. The molecule has 0 spiro atoms. The molecular weight excluding hydrogens is 312 g/mol. The first-order valence-corrected chi connectivity index (χ1v) is 9.69. The predicted octanol–water partition coefficient (Wildman–Crippen LogP) is 3.39. The molecule has 132 valence electrons. The third-order valence-electron chi connectivity index (χ3n) is 5.91. The molecule has 3 atom stereocenters.